The lowest BCUT2D eigenvalue weighted by Crippen LogP contribution is -2.42. The molecule has 4 rings (SSSR count). The summed E-state index contributed by atoms with van der Waals surface area (Å²) in [5.41, 5.74) is 2.19. The van der Waals surface area contributed by atoms with Crippen molar-refractivity contribution in [1.82, 2.24) is 0 Å². The van der Waals surface area contributed by atoms with Crippen molar-refractivity contribution in [2.24, 2.45) is 0 Å². The van der Waals surface area contributed by atoms with Crippen molar-refractivity contribution in [2.45, 2.75) is 63.6 Å². The van der Waals surface area contributed by atoms with Gasteiger partial charge in [-0.2, -0.15) is 0 Å². The lowest BCUT2D eigenvalue weighted by molar-refractivity contribution is -0.247. The van der Waals surface area contributed by atoms with Crippen molar-refractivity contribution in [2.75, 3.05) is 13.2 Å². The second-order valence-corrected chi connectivity index (χ2v) is 8.49. The van der Waals surface area contributed by atoms with Crippen LogP contribution >= 0.6 is 0 Å². The Bertz CT molecular complexity index is 840. The van der Waals surface area contributed by atoms with E-state index in [-0.39, 0.29) is 18.3 Å². The third-order valence-corrected chi connectivity index (χ3v) is 5.49. The predicted octanol–water partition coefficient (Wildman–Crippen LogP) is 4.24. The Morgan fingerprint density at radius 2 is 1.56 bits per heavy atom. The number of fused-ring (bicyclic) bond motifs is 1. The fourth-order valence-corrected chi connectivity index (χ4v) is 4.07. The van der Waals surface area contributed by atoms with E-state index in [4.69, 9.17) is 28.4 Å². The van der Waals surface area contributed by atoms with Crippen LogP contribution in [0.3, 0.4) is 0 Å². The van der Waals surface area contributed by atoms with E-state index in [1.807, 2.05) is 74.5 Å². The van der Waals surface area contributed by atoms with Crippen LogP contribution in [0.1, 0.15) is 25.0 Å². The molecule has 0 radical (unpaired) electrons. The van der Waals surface area contributed by atoms with Gasteiger partial charge in [0.25, 0.3) is 0 Å². The van der Waals surface area contributed by atoms with Crippen molar-refractivity contribution in [3.63, 3.8) is 0 Å². The smallest absolute Gasteiger partial charge is 0.187 e. The standard InChI is InChI=1S/C26H32O6/c1-4-15-28-25-24-23(31-26(2,3)32-24)22(30-25)21(29-17-20-13-9-6-10-14-20)18-27-16-19-11-7-5-8-12-19/h4-14,21-25H,1,15-18H2,2-3H3/t21?,22?,23-,24-,25?/m0/s1. The highest BCUT2D eigenvalue weighted by atomic mass is 16.8. The minimum Gasteiger partial charge on any atom is -0.374 e. The van der Waals surface area contributed by atoms with Gasteiger partial charge in [0.1, 0.15) is 24.4 Å². The van der Waals surface area contributed by atoms with Gasteiger partial charge in [-0.1, -0.05) is 66.7 Å². The van der Waals surface area contributed by atoms with Crippen LogP contribution in [0.2, 0.25) is 0 Å². The molecular formula is C26H32O6. The van der Waals surface area contributed by atoms with E-state index in [9.17, 15) is 0 Å². The van der Waals surface area contributed by atoms with Gasteiger partial charge in [-0.05, 0) is 25.0 Å². The molecule has 0 bridgehead atoms. The summed E-state index contributed by atoms with van der Waals surface area (Å²) < 4.78 is 36.7. The number of rotatable bonds is 11. The van der Waals surface area contributed by atoms with Crippen LogP contribution < -0.4 is 0 Å². The van der Waals surface area contributed by atoms with Gasteiger partial charge in [0.05, 0.1) is 26.4 Å². The maximum absolute atomic E-state index is 6.32. The van der Waals surface area contributed by atoms with Crippen LogP contribution in [0.25, 0.3) is 0 Å². The van der Waals surface area contributed by atoms with Crippen LogP contribution in [0.15, 0.2) is 73.3 Å². The van der Waals surface area contributed by atoms with Crippen molar-refractivity contribution < 1.29 is 28.4 Å². The quantitative estimate of drug-likeness (QED) is 0.487. The second-order valence-electron chi connectivity index (χ2n) is 8.49. The topological polar surface area (TPSA) is 55.4 Å². The summed E-state index contributed by atoms with van der Waals surface area (Å²) in [6, 6.07) is 20.1. The molecule has 3 unspecified atom stereocenters. The molecule has 2 saturated heterocycles. The van der Waals surface area contributed by atoms with Gasteiger partial charge in [-0.15, -0.1) is 6.58 Å². The van der Waals surface area contributed by atoms with Gasteiger partial charge in [0, 0.05) is 0 Å². The molecule has 0 N–H and O–H groups in total. The summed E-state index contributed by atoms with van der Waals surface area (Å²) in [6.45, 7) is 9.18. The number of hydrogen-bond acceptors (Lipinski definition) is 6. The van der Waals surface area contributed by atoms with Crippen LogP contribution in [0, 0.1) is 0 Å². The molecule has 2 aliphatic rings. The Morgan fingerprint density at radius 3 is 2.22 bits per heavy atom. The molecule has 0 aromatic heterocycles. The normalized spacial score (nSPS) is 27.2. The fraction of sp³-hybridized carbons (Fsp3) is 0.462. The van der Waals surface area contributed by atoms with Gasteiger partial charge in [0.15, 0.2) is 12.1 Å². The zero-order valence-electron chi connectivity index (χ0n) is 18.7. The molecule has 2 aromatic carbocycles. The molecule has 172 valence electrons. The Kier molecular flexibility index (Phi) is 7.73. The van der Waals surface area contributed by atoms with Gasteiger partial charge in [-0.25, -0.2) is 0 Å². The first kappa shape index (κ1) is 23.1. The lowest BCUT2D eigenvalue weighted by Gasteiger charge is -2.29. The third kappa shape index (κ3) is 5.84. The van der Waals surface area contributed by atoms with Gasteiger partial charge < -0.3 is 28.4 Å². The highest BCUT2D eigenvalue weighted by molar-refractivity contribution is 5.14. The average molecular weight is 441 g/mol. The molecule has 0 saturated carbocycles. The Labute approximate surface area is 190 Å². The molecule has 0 aliphatic carbocycles. The maximum Gasteiger partial charge on any atom is 0.187 e. The first-order valence-electron chi connectivity index (χ1n) is 11.1. The summed E-state index contributed by atoms with van der Waals surface area (Å²) >= 11 is 0. The summed E-state index contributed by atoms with van der Waals surface area (Å²) in [7, 11) is 0. The summed E-state index contributed by atoms with van der Waals surface area (Å²) in [6.07, 6.45) is -0.272. The Balaban J connectivity index is 1.47. The van der Waals surface area contributed by atoms with E-state index >= 15 is 0 Å². The number of ether oxygens (including phenoxy) is 6. The minimum absolute atomic E-state index is 0.319. The molecule has 0 spiro atoms. The molecule has 2 aromatic rings. The molecule has 6 nitrogen and oxygen atoms in total. The molecule has 2 heterocycles. The zero-order valence-corrected chi connectivity index (χ0v) is 18.7. The molecule has 32 heavy (non-hydrogen) atoms. The molecular weight excluding hydrogens is 408 g/mol. The monoisotopic (exact) mass is 440 g/mol. The highest BCUT2D eigenvalue weighted by Gasteiger charge is 2.58. The van der Waals surface area contributed by atoms with Crippen LogP contribution in [-0.2, 0) is 41.6 Å². The highest BCUT2D eigenvalue weighted by Crippen LogP contribution is 2.40. The van der Waals surface area contributed by atoms with E-state index in [0.717, 1.165) is 11.1 Å². The minimum atomic E-state index is -0.720. The van der Waals surface area contributed by atoms with E-state index in [1.165, 1.54) is 0 Å². The van der Waals surface area contributed by atoms with Gasteiger partial charge >= 0.3 is 0 Å². The molecule has 2 fully saturated rings. The zero-order chi connectivity index (χ0) is 22.4. The number of hydrogen-bond donors (Lipinski definition) is 0. The van der Waals surface area contributed by atoms with Crippen LogP contribution in [0.5, 0.6) is 0 Å². The van der Waals surface area contributed by atoms with E-state index in [0.29, 0.717) is 26.4 Å². The Hall–Kier alpha value is -2.06. The maximum atomic E-state index is 6.32. The van der Waals surface area contributed by atoms with Gasteiger partial charge in [-0.3, -0.25) is 0 Å². The molecule has 2 aliphatic heterocycles. The van der Waals surface area contributed by atoms with Crippen LogP contribution in [-0.4, -0.2) is 49.7 Å². The Morgan fingerprint density at radius 1 is 0.938 bits per heavy atom. The van der Waals surface area contributed by atoms with Crippen molar-refractivity contribution in [3.05, 3.63) is 84.4 Å². The van der Waals surface area contributed by atoms with Crippen LogP contribution in [0.4, 0.5) is 0 Å². The van der Waals surface area contributed by atoms with Gasteiger partial charge in [0.2, 0.25) is 0 Å². The largest absolute Gasteiger partial charge is 0.374 e. The first-order chi connectivity index (χ1) is 15.6. The molecule has 0 amide bonds. The average Bonchev–Trinajstić information content (AvgIpc) is 3.29. The third-order valence-electron chi connectivity index (χ3n) is 5.49. The van der Waals surface area contributed by atoms with Crippen molar-refractivity contribution >= 4 is 0 Å². The summed E-state index contributed by atoms with van der Waals surface area (Å²) in [4.78, 5) is 0. The number of benzene rings is 2. The fourth-order valence-electron chi connectivity index (χ4n) is 4.07. The predicted molar refractivity (Wildman–Crippen MR) is 120 cm³/mol. The van der Waals surface area contributed by atoms with Crippen molar-refractivity contribution in [1.29, 1.82) is 0 Å². The summed E-state index contributed by atoms with van der Waals surface area (Å²) in [5.74, 6) is -0.720. The van der Waals surface area contributed by atoms with Crippen molar-refractivity contribution in [3.8, 4) is 0 Å². The van der Waals surface area contributed by atoms with E-state index in [2.05, 4.69) is 6.58 Å². The second kappa shape index (κ2) is 10.7. The van der Waals surface area contributed by atoms with E-state index in [1.54, 1.807) is 6.08 Å². The molecule has 6 heteroatoms. The lowest BCUT2D eigenvalue weighted by atomic mass is 10.1. The molecule has 5 atom stereocenters. The summed E-state index contributed by atoms with van der Waals surface area (Å²) in [5, 5.41) is 0. The first-order valence-corrected chi connectivity index (χ1v) is 11.1. The van der Waals surface area contributed by atoms with E-state index < -0.39 is 18.2 Å². The SMILES string of the molecule is C=CCOC1OC(C(COCc2ccccc2)OCc2ccccc2)[C@@H]2OC(C)(C)O[C@H]12.